The highest BCUT2D eigenvalue weighted by Gasteiger charge is 2.22. The molecule has 0 atom stereocenters. The zero-order valence-corrected chi connectivity index (χ0v) is 14.0. The average molecular weight is 340 g/mol. The fourth-order valence-corrected chi connectivity index (χ4v) is 3.07. The Morgan fingerprint density at radius 3 is 2.72 bits per heavy atom. The number of fused-ring (bicyclic) bond motifs is 1. The average Bonchev–Trinajstić information content (AvgIpc) is 2.65. The van der Waals surface area contributed by atoms with Crippen LogP contribution in [0.1, 0.15) is 35.2 Å². The van der Waals surface area contributed by atoms with Crippen LogP contribution in [0.25, 0.3) is 0 Å². The maximum atomic E-state index is 13.5. The van der Waals surface area contributed by atoms with Gasteiger partial charge in [-0.3, -0.25) is 9.59 Å². The van der Waals surface area contributed by atoms with Gasteiger partial charge in [0.05, 0.1) is 0 Å². The Morgan fingerprint density at radius 1 is 1.12 bits per heavy atom. The van der Waals surface area contributed by atoms with Gasteiger partial charge in [0, 0.05) is 30.8 Å². The second kappa shape index (κ2) is 7.92. The van der Waals surface area contributed by atoms with E-state index in [4.69, 9.17) is 0 Å². The SMILES string of the molecule is O=C(NCCCC(=O)N1CCCc2ccc(F)cc21)c1ccccc1. The summed E-state index contributed by atoms with van der Waals surface area (Å²) < 4.78 is 13.5. The number of rotatable bonds is 5. The van der Waals surface area contributed by atoms with Gasteiger partial charge in [0.1, 0.15) is 5.82 Å². The zero-order chi connectivity index (χ0) is 17.6. The Labute approximate surface area is 146 Å². The van der Waals surface area contributed by atoms with Gasteiger partial charge >= 0.3 is 0 Å². The van der Waals surface area contributed by atoms with Crippen molar-refractivity contribution in [3.63, 3.8) is 0 Å². The molecule has 0 fully saturated rings. The van der Waals surface area contributed by atoms with E-state index in [1.165, 1.54) is 12.1 Å². The van der Waals surface area contributed by atoms with Gasteiger partial charge in [-0.05, 0) is 49.1 Å². The highest BCUT2D eigenvalue weighted by molar-refractivity contribution is 5.95. The molecule has 0 aliphatic carbocycles. The first-order valence-corrected chi connectivity index (χ1v) is 8.57. The van der Waals surface area contributed by atoms with E-state index in [2.05, 4.69) is 5.32 Å². The van der Waals surface area contributed by atoms with Crippen molar-refractivity contribution < 1.29 is 14.0 Å². The number of anilines is 1. The van der Waals surface area contributed by atoms with E-state index in [0.717, 1.165) is 18.4 Å². The van der Waals surface area contributed by atoms with E-state index in [9.17, 15) is 14.0 Å². The minimum absolute atomic E-state index is 0.0273. The number of amides is 2. The number of hydrogen-bond donors (Lipinski definition) is 1. The minimum atomic E-state index is -0.325. The van der Waals surface area contributed by atoms with Crippen LogP contribution < -0.4 is 10.2 Å². The van der Waals surface area contributed by atoms with Gasteiger partial charge in [0.15, 0.2) is 0 Å². The molecule has 0 bridgehead atoms. The molecule has 0 spiro atoms. The molecule has 130 valence electrons. The quantitative estimate of drug-likeness (QED) is 0.849. The Morgan fingerprint density at radius 2 is 1.92 bits per heavy atom. The summed E-state index contributed by atoms with van der Waals surface area (Å²) in [6.45, 7) is 1.05. The molecule has 0 saturated carbocycles. The van der Waals surface area contributed by atoms with Crippen molar-refractivity contribution in [1.82, 2.24) is 5.32 Å². The molecule has 2 aromatic rings. The fraction of sp³-hybridized carbons (Fsp3) is 0.300. The van der Waals surface area contributed by atoms with Crippen molar-refractivity contribution >= 4 is 17.5 Å². The summed E-state index contributed by atoms with van der Waals surface area (Å²) in [7, 11) is 0. The van der Waals surface area contributed by atoms with Crippen LogP contribution in [-0.2, 0) is 11.2 Å². The first-order valence-electron chi connectivity index (χ1n) is 8.57. The second-order valence-corrected chi connectivity index (χ2v) is 6.15. The maximum absolute atomic E-state index is 13.5. The van der Waals surface area contributed by atoms with Gasteiger partial charge < -0.3 is 10.2 Å². The van der Waals surface area contributed by atoms with Gasteiger partial charge in [-0.2, -0.15) is 0 Å². The smallest absolute Gasteiger partial charge is 0.251 e. The number of benzene rings is 2. The normalized spacial score (nSPS) is 13.2. The molecule has 25 heavy (non-hydrogen) atoms. The van der Waals surface area contributed by atoms with E-state index >= 15 is 0 Å². The van der Waals surface area contributed by atoms with Crippen LogP contribution in [0.15, 0.2) is 48.5 Å². The second-order valence-electron chi connectivity index (χ2n) is 6.15. The monoisotopic (exact) mass is 340 g/mol. The third-order valence-electron chi connectivity index (χ3n) is 4.36. The molecule has 1 heterocycles. The van der Waals surface area contributed by atoms with Gasteiger partial charge in [-0.15, -0.1) is 0 Å². The summed E-state index contributed by atoms with van der Waals surface area (Å²) in [5, 5.41) is 2.82. The van der Waals surface area contributed by atoms with Crippen molar-refractivity contribution in [3.8, 4) is 0 Å². The Balaban J connectivity index is 1.51. The van der Waals surface area contributed by atoms with Gasteiger partial charge in [-0.25, -0.2) is 4.39 Å². The molecule has 2 amide bonds. The molecular formula is C20H21FN2O2. The lowest BCUT2D eigenvalue weighted by atomic mass is 10.0. The fourth-order valence-electron chi connectivity index (χ4n) is 3.07. The van der Waals surface area contributed by atoms with Crippen LogP contribution >= 0.6 is 0 Å². The lowest BCUT2D eigenvalue weighted by Gasteiger charge is -2.29. The lowest BCUT2D eigenvalue weighted by Crippen LogP contribution is -2.36. The van der Waals surface area contributed by atoms with Gasteiger partial charge in [-0.1, -0.05) is 24.3 Å². The molecule has 0 radical (unpaired) electrons. The van der Waals surface area contributed by atoms with E-state index < -0.39 is 0 Å². The van der Waals surface area contributed by atoms with Crippen molar-refractivity contribution in [2.45, 2.75) is 25.7 Å². The number of hydrogen-bond acceptors (Lipinski definition) is 2. The summed E-state index contributed by atoms with van der Waals surface area (Å²) in [6.07, 6.45) is 2.63. The largest absolute Gasteiger partial charge is 0.352 e. The van der Waals surface area contributed by atoms with E-state index in [-0.39, 0.29) is 17.6 Å². The summed E-state index contributed by atoms with van der Waals surface area (Å²) in [4.78, 5) is 26.1. The molecule has 1 aliphatic heterocycles. The first-order chi connectivity index (χ1) is 12.1. The molecule has 5 heteroatoms. The molecule has 0 aromatic heterocycles. The molecule has 1 N–H and O–H groups in total. The molecule has 3 rings (SSSR count). The number of carbonyl (C=O) groups excluding carboxylic acids is 2. The van der Waals surface area contributed by atoms with E-state index in [1.807, 2.05) is 18.2 Å². The van der Waals surface area contributed by atoms with Crippen molar-refractivity contribution in [1.29, 1.82) is 0 Å². The Hall–Kier alpha value is -2.69. The predicted octanol–water partition coefficient (Wildman–Crippen LogP) is 3.32. The Kier molecular flexibility index (Phi) is 5.43. The molecule has 1 aliphatic rings. The third-order valence-corrected chi connectivity index (χ3v) is 4.36. The summed E-state index contributed by atoms with van der Waals surface area (Å²) >= 11 is 0. The van der Waals surface area contributed by atoms with Gasteiger partial charge in [0.25, 0.3) is 5.91 Å². The molecule has 2 aromatic carbocycles. The van der Waals surface area contributed by atoms with Crippen LogP contribution in [0, 0.1) is 5.82 Å². The minimum Gasteiger partial charge on any atom is -0.352 e. The molecular weight excluding hydrogens is 319 g/mol. The van der Waals surface area contributed by atoms with Gasteiger partial charge in [0.2, 0.25) is 5.91 Å². The van der Waals surface area contributed by atoms with Crippen LogP contribution in [0.2, 0.25) is 0 Å². The summed E-state index contributed by atoms with van der Waals surface area (Å²) in [5.74, 6) is -0.493. The van der Waals surface area contributed by atoms with Crippen molar-refractivity contribution in [2.75, 3.05) is 18.0 Å². The number of nitrogens with one attached hydrogen (secondary N) is 1. The van der Waals surface area contributed by atoms with Crippen LogP contribution in [0.4, 0.5) is 10.1 Å². The van der Waals surface area contributed by atoms with Crippen molar-refractivity contribution in [2.24, 2.45) is 0 Å². The summed E-state index contributed by atoms with van der Waals surface area (Å²) in [6, 6.07) is 13.6. The highest BCUT2D eigenvalue weighted by atomic mass is 19.1. The van der Waals surface area contributed by atoms with Crippen LogP contribution in [0.5, 0.6) is 0 Å². The van der Waals surface area contributed by atoms with E-state index in [0.29, 0.717) is 37.2 Å². The molecule has 0 unspecified atom stereocenters. The number of carbonyl (C=O) groups is 2. The first kappa shape index (κ1) is 17.1. The maximum Gasteiger partial charge on any atom is 0.251 e. The molecule has 4 nitrogen and oxygen atoms in total. The predicted molar refractivity (Wildman–Crippen MR) is 95.1 cm³/mol. The van der Waals surface area contributed by atoms with Crippen LogP contribution in [0.3, 0.4) is 0 Å². The number of aryl methyl sites for hydroxylation is 1. The van der Waals surface area contributed by atoms with Crippen molar-refractivity contribution in [3.05, 3.63) is 65.5 Å². The lowest BCUT2D eigenvalue weighted by molar-refractivity contribution is -0.118. The Bertz CT molecular complexity index is 762. The third kappa shape index (κ3) is 4.24. The van der Waals surface area contributed by atoms with E-state index in [1.54, 1.807) is 23.1 Å². The summed E-state index contributed by atoms with van der Waals surface area (Å²) in [5.41, 5.74) is 2.30. The zero-order valence-electron chi connectivity index (χ0n) is 14.0. The number of nitrogens with zero attached hydrogens (tertiary/aromatic N) is 1. The number of halogens is 1. The highest BCUT2D eigenvalue weighted by Crippen LogP contribution is 2.28. The van der Waals surface area contributed by atoms with Crippen LogP contribution in [-0.4, -0.2) is 24.9 Å². The topological polar surface area (TPSA) is 49.4 Å². The standard InChI is InChI=1S/C20H21FN2O2/c21-17-11-10-15-8-5-13-23(18(15)14-17)19(24)9-4-12-22-20(25)16-6-2-1-3-7-16/h1-3,6-7,10-11,14H,4-5,8-9,12-13H2,(H,22,25). The molecule has 0 saturated heterocycles.